The first-order valence-electron chi connectivity index (χ1n) is 6.94. The molecule has 3 rings (SSSR count). The molecule has 5 heteroatoms. The third-order valence-corrected chi connectivity index (χ3v) is 4.17. The molecule has 0 aliphatic carbocycles. The molecule has 2 aromatic rings. The lowest BCUT2D eigenvalue weighted by Crippen LogP contribution is -2.14. The molecule has 1 aromatic carbocycles. The predicted octanol–water partition coefficient (Wildman–Crippen LogP) is 3.57. The summed E-state index contributed by atoms with van der Waals surface area (Å²) in [4.78, 5) is 12.0. The number of halogens is 1. The molecule has 1 amide bonds. The van der Waals surface area contributed by atoms with Crippen LogP contribution in [0.1, 0.15) is 11.1 Å². The highest BCUT2D eigenvalue weighted by molar-refractivity contribution is 7.14. The number of thiophene rings is 1. The van der Waals surface area contributed by atoms with E-state index < -0.39 is 0 Å². The minimum absolute atomic E-state index is 0.0342. The van der Waals surface area contributed by atoms with Crippen LogP contribution in [0, 0.1) is 5.82 Å². The van der Waals surface area contributed by atoms with Crippen LogP contribution in [0.25, 0.3) is 5.57 Å². The summed E-state index contributed by atoms with van der Waals surface area (Å²) in [6, 6.07) is 8.26. The first-order valence-corrected chi connectivity index (χ1v) is 7.82. The summed E-state index contributed by atoms with van der Waals surface area (Å²) >= 11 is 1.47. The van der Waals surface area contributed by atoms with Crippen molar-refractivity contribution in [2.75, 3.05) is 11.9 Å². The minimum Gasteiger partial charge on any atom is -0.387 e. The van der Waals surface area contributed by atoms with E-state index in [1.807, 2.05) is 23.7 Å². The standard InChI is InChI=1S/C17H15FN2OS/c18-15-4-2-1-3-13(15)9-16(21)20-17-10-14(11-22-17)12-5-7-19-8-6-12/h1-7,10-11,19H,8-9H2,(H,20,21). The number of carbonyl (C=O) groups excluding carboxylic acids is 1. The Balaban J connectivity index is 1.65. The van der Waals surface area contributed by atoms with E-state index in [1.165, 1.54) is 17.4 Å². The third kappa shape index (κ3) is 3.43. The van der Waals surface area contributed by atoms with Crippen LogP contribution in [0.5, 0.6) is 0 Å². The Morgan fingerprint density at radius 3 is 3.00 bits per heavy atom. The van der Waals surface area contributed by atoms with Crippen molar-refractivity contribution in [3.05, 3.63) is 71.0 Å². The molecule has 1 aliphatic heterocycles. The van der Waals surface area contributed by atoms with Crippen LogP contribution in [0.4, 0.5) is 9.39 Å². The number of benzene rings is 1. The van der Waals surface area contributed by atoms with Gasteiger partial charge in [-0.1, -0.05) is 24.3 Å². The van der Waals surface area contributed by atoms with E-state index in [2.05, 4.69) is 16.7 Å². The number of dihydropyridines is 1. The maximum absolute atomic E-state index is 13.5. The Morgan fingerprint density at radius 1 is 1.36 bits per heavy atom. The van der Waals surface area contributed by atoms with Crippen LogP contribution in [0.3, 0.4) is 0 Å². The molecule has 0 spiro atoms. The van der Waals surface area contributed by atoms with Gasteiger partial charge in [0, 0.05) is 11.9 Å². The highest BCUT2D eigenvalue weighted by atomic mass is 32.1. The fourth-order valence-corrected chi connectivity index (χ4v) is 3.04. The number of hydrogen-bond acceptors (Lipinski definition) is 3. The molecule has 1 aliphatic rings. The molecule has 0 unspecified atom stereocenters. The van der Waals surface area contributed by atoms with Crippen molar-refractivity contribution in [2.45, 2.75) is 6.42 Å². The fourth-order valence-electron chi connectivity index (χ4n) is 2.22. The second kappa shape index (κ2) is 6.58. The maximum Gasteiger partial charge on any atom is 0.229 e. The van der Waals surface area contributed by atoms with Gasteiger partial charge in [0.2, 0.25) is 5.91 Å². The summed E-state index contributed by atoms with van der Waals surface area (Å²) < 4.78 is 13.5. The summed E-state index contributed by atoms with van der Waals surface area (Å²) in [5.74, 6) is -0.567. The Bertz CT molecular complexity index is 749. The molecular weight excluding hydrogens is 299 g/mol. The number of hydrogen-bond donors (Lipinski definition) is 2. The molecule has 0 atom stereocenters. The predicted molar refractivity (Wildman–Crippen MR) is 88.2 cm³/mol. The van der Waals surface area contributed by atoms with Crippen molar-refractivity contribution in [1.82, 2.24) is 5.32 Å². The van der Waals surface area contributed by atoms with E-state index in [1.54, 1.807) is 18.2 Å². The monoisotopic (exact) mass is 314 g/mol. The maximum atomic E-state index is 13.5. The van der Waals surface area contributed by atoms with Gasteiger partial charge >= 0.3 is 0 Å². The smallest absolute Gasteiger partial charge is 0.229 e. The van der Waals surface area contributed by atoms with Crippen LogP contribution in [0.15, 0.2) is 54.1 Å². The van der Waals surface area contributed by atoms with E-state index in [-0.39, 0.29) is 18.1 Å². The number of amides is 1. The van der Waals surface area contributed by atoms with Crippen molar-refractivity contribution in [3.63, 3.8) is 0 Å². The van der Waals surface area contributed by atoms with Gasteiger partial charge in [-0.3, -0.25) is 4.79 Å². The Labute approximate surface area is 132 Å². The van der Waals surface area contributed by atoms with Crippen LogP contribution >= 0.6 is 11.3 Å². The summed E-state index contributed by atoms with van der Waals surface area (Å²) in [5, 5.41) is 8.69. The topological polar surface area (TPSA) is 41.1 Å². The first kappa shape index (κ1) is 14.5. The molecule has 22 heavy (non-hydrogen) atoms. The third-order valence-electron chi connectivity index (χ3n) is 3.32. The van der Waals surface area contributed by atoms with Gasteiger partial charge in [-0.05, 0) is 41.1 Å². The summed E-state index contributed by atoms with van der Waals surface area (Å²) in [5.41, 5.74) is 2.61. The second-order valence-corrected chi connectivity index (χ2v) is 5.83. The van der Waals surface area contributed by atoms with Gasteiger partial charge in [0.1, 0.15) is 5.82 Å². The van der Waals surface area contributed by atoms with Crippen molar-refractivity contribution in [3.8, 4) is 0 Å². The molecule has 2 heterocycles. The second-order valence-electron chi connectivity index (χ2n) is 4.92. The molecule has 112 valence electrons. The van der Waals surface area contributed by atoms with Crippen molar-refractivity contribution >= 4 is 27.8 Å². The highest BCUT2D eigenvalue weighted by Crippen LogP contribution is 2.27. The average molecular weight is 314 g/mol. The van der Waals surface area contributed by atoms with Gasteiger partial charge < -0.3 is 10.6 Å². The van der Waals surface area contributed by atoms with E-state index in [9.17, 15) is 9.18 Å². The number of rotatable bonds is 4. The molecule has 0 saturated heterocycles. The number of anilines is 1. The lowest BCUT2D eigenvalue weighted by atomic mass is 10.1. The van der Waals surface area contributed by atoms with Crippen LogP contribution in [-0.4, -0.2) is 12.5 Å². The normalized spacial score (nSPS) is 13.4. The minimum atomic E-state index is -0.352. The zero-order valence-corrected chi connectivity index (χ0v) is 12.6. The lowest BCUT2D eigenvalue weighted by molar-refractivity contribution is -0.115. The average Bonchev–Trinajstić information content (AvgIpc) is 2.99. The molecule has 0 saturated carbocycles. The van der Waals surface area contributed by atoms with E-state index in [4.69, 9.17) is 0 Å². The van der Waals surface area contributed by atoms with E-state index in [0.717, 1.165) is 22.7 Å². The van der Waals surface area contributed by atoms with E-state index >= 15 is 0 Å². The SMILES string of the molecule is O=C(Cc1ccccc1F)Nc1cc(C2=CCNC=C2)cs1. The lowest BCUT2D eigenvalue weighted by Gasteiger charge is -2.06. The van der Waals surface area contributed by atoms with Gasteiger partial charge in [0.25, 0.3) is 0 Å². The molecule has 1 aromatic heterocycles. The molecule has 3 nitrogen and oxygen atoms in total. The summed E-state index contributed by atoms with van der Waals surface area (Å²) in [6.45, 7) is 0.802. The zero-order chi connectivity index (χ0) is 15.4. The van der Waals surface area contributed by atoms with Gasteiger partial charge in [-0.15, -0.1) is 11.3 Å². The quantitative estimate of drug-likeness (QED) is 0.906. The first-order chi connectivity index (χ1) is 10.7. The Hall–Kier alpha value is -2.40. The largest absolute Gasteiger partial charge is 0.387 e. The summed E-state index contributed by atoms with van der Waals surface area (Å²) in [7, 11) is 0. The van der Waals surface area contributed by atoms with Crippen molar-refractivity contribution in [2.24, 2.45) is 0 Å². The molecular formula is C17H15FN2OS. The summed E-state index contributed by atoms with van der Waals surface area (Å²) in [6.07, 6.45) is 6.03. The van der Waals surface area contributed by atoms with Crippen molar-refractivity contribution in [1.29, 1.82) is 0 Å². The van der Waals surface area contributed by atoms with Crippen LogP contribution in [0.2, 0.25) is 0 Å². The number of allylic oxidation sites excluding steroid dienone is 2. The fraction of sp³-hybridized carbons (Fsp3) is 0.118. The number of carbonyl (C=O) groups is 1. The number of nitrogens with one attached hydrogen (secondary N) is 2. The molecule has 2 N–H and O–H groups in total. The van der Waals surface area contributed by atoms with Crippen LogP contribution in [-0.2, 0) is 11.2 Å². The van der Waals surface area contributed by atoms with Crippen molar-refractivity contribution < 1.29 is 9.18 Å². The molecule has 0 fully saturated rings. The van der Waals surface area contributed by atoms with E-state index in [0.29, 0.717) is 5.56 Å². The van der Waals surface area contributed by atoms with Gasteiger partial charge in [0.15, 0.2) is 0 Å². The van der Waals surface area contributed by atoms with Gasteiger partial charge in [0.05, 0.1) is 11.4 Å². The molecule has 0 bridgehead atoms. The van der Waals surface area contributed by atoms with Gasteiger partial charge in [-0.25, -0.2) is 4.39 Å². The van der Waals surface area contributed by atoms with Crippen LogP contribution < -0.4 is 10.6 Å². The Kier molecular flexibility index (Phi) is 4.34. The molecule has 0 radical (unpaired) electrons. The zero-order valence-electron chi connectivity index (χ0n) is 11.8. The highest BCUT2D eigenvalue weighted by Gasteiger charge is 2.10. The van der Waals surface area contributed by atoms with Gasteiger partial charge in [-0.2, -0.15) is 0 Å². The Morgan fingerprint density at radius 2 is 2.23 bits per heavy atom.